The molecule has 12 heteroatoms. The van der Waals surface area contributed by atoms with Crippen LogP contribution in [0.1, 0.15) is 27.9 Å². The molecule has 2 amide bonds. The molecule has 0 bridgehead atoms. The van der Waals surface area contributed by atoms with Gasteiger partial charge in [0.25, 0.3) is 11.8 Å². The Bertz CT molecular complexity index is 1560. The van der Waals surface area contributed by atoms with Gasteiger partial charge < -0.3 is 46.4 Å². The number of nitrogens with two attached hydrogens (primary N) is 1. The van der Waals surface area contributed by atoms with Gasteiger partial charge in [-0.25, -0.2) is 0 Å². The summed E-state index contributed by atoms with van der Waals surface area (Å²) in [6.45, 7) is 0. The first kappa shape index (κ1) is 29.0. The number of carbonyl (C=O) groups excluding carboxylic acids is 3. The minimum atomic E-state index is -2.74. The normalized spacial score (nSPS) is 26.7. The minimum absolute atomic E-state index is 0.0349. The molecule has 0 radical (unpaired) electrons. The standard InChI is InChI=1S/C30H34N4O8/c1-33(2)15-7-5-13(6-8-15)29(41)32-23-17-12-14-11-16-18(34(3)4)9-10-19(35)21(16)24(36)20(14)26(38)30(17,42)27(39)22(25(23)37)28(31)40/h5-10,14,17,23,27,35-37,39,42H,11-12H2,1-4H3,(H2,31,40)(H,32,41)/t14-,17-,23?,27?,30-/m0/s1. The first-order valence-corrected chi connectivity index (χ1v) is 13.4. The van der Waals surface area contributed by atoms with Crippen LogP contribution in [0, 0.1) is 11.8 Å². The number of rotatable bonds is 5. The van der Waals surface area contributed by atoms with Crippen molar-refractivity contribution in [3.05, 3.63) is 70.0 Å². The molecule has 0 spiro atoms. The van der Waals surface area contributed by atoms with Gasteiger partial charge in [-0.1, -0.05) is 0 Å². The van der Waals surface area contributed by atoms with Gasteiger partial charge in [-0.2, -0.15) is 0 Å². The number of ketones is 1. The van der Waals surface area contributed by atoms with E-state index in [0.29, 0.717) is 11.3 Å². The Hall–Kier alpha value is -4.55. The molecule has 5 rings (SSSR count). The van der Waals surface area contributed by atoms with Crippen molar-refractivity contribution in [2.45, 2.75) is 30.6 Å². The predicted octanol–water partition coefficient (Wildman–Crippen LogP) is 0.756. The molecule has 1 saturated carbocycles. The Morgan fingerprint density at radius 1 is 1.00 bits per heavy atom. The summed E-state index contributed by atoms with van der Waals surface area (Å²) in [7, 11) is 7.25. The van der Waals surface area contributed by atoms with Gasteiger partial charge in [-0.05, 0) is 60.7 Å². The van der Waals surface area contributed by atoms with Crippen LogP contribution in [0.4, 0.5) is 11.4 Å². The van der Waals surface area contributed by atoms with E-state index < -0.39 is 64.3 Å². The number of amides is 2. The van der Waals surface area contributed by atoms with Crippen molar-refractivity contribution in [3.8, 4) is 5.75 Å². The maximum atomic E-state index is 14.1. The molecule has 2 aromatic rings. The molecule has 2 unspecified atom stereocenters. The number of phenols is 1. The number of aliphatic hydroxyl groups is 4. The highest BCUT2D eigenvalue weighted by molar-refractivity contribution is 6.11. The molecule has 0 aliphatic heterocycles. The lowest BCUT2D eigenvalue weighted by Crippen LogP contribution is -2.69. The molecule has 0 heterocycles. The quantitative estimate of drug-likeness (QED) is 0.266. The molecule has 3 aliphatic rings. The van der Waals surface area contributed by atoms with Gasteiger partial charge in [-0.3, -0.25) is 14.4 Å². The van der Waals surface area contributed by atoms with Crippen molar-refractivity contribution in [3.63, 3.8) is 0 Å². The molecule has 3 aliphatic carbocycles. The Balaban J connectivity index is 1.62. The van der Waals surface area contributed by atoms with Crippen LogP contribution in [-0.2, 0) is 16.0 Å². The van der Waals surface area contributed by atoms with E-state index in [1.54, 1.807) is 49.3 Å². The van der Waals surface area contributed by atoms with Crippen LogP contribution in [0.15, 0.2) is 53.3 Å². The van der Waals surface area contributed by atoms with Crippen molar-refractivity contribution < 1.29 is 39.9 Å². The Labute approximate surface area is 242 Å². The Morgan fingerprint density at radius 3 is 2.21 bits per heavy atom. The van der Waals surface area contributed by atoms with Gasteiger partial charge in [-0.15, -0.1) is 0 Å². The molecule has 0 aromatic heterocycles. The molecule has 12 nitrogen and oxygen atoms in total. The summed E-state index contributed by atoms with van der Waals surface area (Å²) in [6.07, 6.45) is -2.16. The molecule has 2 aromatic carbocycles. The number of nitrogens with zero attached hydrogens (tertiary/aromatic N) is 2. The number of Topliss-reactive ketones (excluding diaryl/α,β-unsaturated/α-hetero) is 1. The van der Waals surface area contributed by atoms with Crippen molar-refractivity contribution >= 4 is 34.7 Å². The number of anilines is 2. The van der Waals surface area contributed by atoms with Gasteiger partial charge in [0, 0.05) is 56.6 Å². The summed E-state index contributed by atoms with van der Waals surface area (Å²) in [4.78, 5) is 43.4. The third kappa shape index (κ3) is 4.17. The van der Waals surface area contributed by atoms with Crippen LogP contribution in [0.3, 0.4) is 0 Å². The van der Waals surface area contributed by atoms with E-state index in [2.05, 4.69) is 5.32 Å². The lowest BCUT2D eigenvalue weighted by Gasteiger charge is -2.51. The summed E-state index contributed by atoms with van der Waals surface area (Å²) in [6, 6.07) is 8.12. The molecule has 222 valence electrons. The number of primary amides is 1. The number of aliphatic hydroxyl groups excluding tert-OH is 3. The first-order chi connectivity index (χ1) is 19.7. The second kappa shape index (κ2) is 10.1. The molecule has 5 atom stereocenters. The molecule has 42 heavy (non-hydrogen) atoms. The Kier molecular flexibility index (Phi) is 6.94. The topological polar surface area (TPSA) is 197 Å². The largest absolute Gasteiger partial charge is 0.510 e. The second-order valence-corrected chi connectivity index (χ2v) is 11.5. The van der Waals surface area contributed by atoms with Gasteiger partial charge in [0.05, 0.1) is 17.2 Å². The van der Waals surface area contributed by atoms with E-state index in [-0.39, 0.29) is 35.3 Å². The fourth-order valence-electron chi connectivity index (χ4n) is 6.56. The number of nitrogens with one attached hydrogen (secondary N) is 1. The van der Waals surface area contributed by atoms with Crippen molar-refractivity contribution in [1.29, 1.82) is 0 Å². The average molecular weight is 579 g/mol. The Morgan fingerprint density at radius 2 is 1.64 bits per heavy atom. The van der Waals surface area contributed by atoms with E-state index in [1.165, 1.54) is 6.07 Å². The smallest absolute Gasteiger partial charge is 0.251 e. The van der Waals surface area contributed by atoms with Crippen molar-refractivity contribution in [2.75, 3.05) is 38.0 Å². The lowest BCUT2D eigenvalue weighted by molar-refractivity contribution is -0.166. The second-order valence-electron chi connectivity index (χ2n) is 11.5. The predicted molar refractivity (Wildman–Crippen MR) is 154 cm³/mol. The highest BCUT2D eigenvalue weighted by atomic mass is 16.4. The van der Waals surface area contributed by atoms with Gasteiger partial charge in [0.2, 0.25) is 0 Å². The van der Waals surface area contributed by atoms with Crippen LogP contribution in [0.5, 0.6) is 5.75 Å². The fourth-order valence-corrected chi connectivity index (χ4v) is 6.56. The highest BCUT2D eigenvalue weighted by Crippen LogP contribution is 2.53. The summed E-state index contributed by atoms with van der Waals surface area (Å²) in [5, 5.41) is 58.8. The zero-order valence-corrected chi connectivity index (χ0v) is 23.6. The van der Waals surface area contributed by atoms with Gasteiger partial charge >= 0.3 is 0 Å². The van der Waals surface area contributed by atoms with Crippen LogP contribution in [0.25, 0.3) is 5.76 Å². The minimum Gasteiger partial charge on any atom is -0.510 e. The summed E-state index contributed by atoms with van der Waals surface area (Å²) < 4.78 is 0. The third-order valence-electron chi connectivity index (χ3n) is 8.67. The van der Waals surface area contributed by atoms with Crippen LogP contribution >= 0.6 is 0 Å². The highest BCUT2D eigenvalue weighted by Gasteiger charge is 2.64. The van der Waals surface area contributed by atoms with Crippen LogP contribution in [-0.4, -0.2) is 89.1 Å². The third-order valence-corrected chi connectivity index (χ3v) is 8.67. The zero-order chi connectivity index (χ0) is 30.8. The lowest BCUT2D eigenvalue weighted by atomic mass is 9.56. The molecular formula is C30H34N4O8. The number of aromatic hydroxyl groups is 1. The van der Waals surface area contributed by atoms with Crippen LogP contribution < -0.4 is 20.9 Å². The maximum Gasteiger partial charge on any atom is 0.251 e. The number of phenolic OH excluding ortho intramolecular Hbond substituents is 1. The summed E-state index contributed by atoms with van der Waals surface area (Å²) >= 11 is 0. The van der Waals surface area contributed by atoms with E-state index in [0.717, 1.165) is 5.69 Å². The van der Waals surface area contributed by atoms with E-state index >= 15 is 0 Å². The average Bonchev–Trinajstić information content (AvgIpc) is 2.92. The molecule has 8 N–H and O–H groups in total. The number of hydrogen-bond donors (Lipinski definition) is 7. The number of hydrogen-bond acceptors (Lipinski definition) is 10. The van der Waals surface area contributed by atoms with Crippen molar-refractivity contribution in [1.82, 2.24) is 5.32 Å². The fraction of sp³-hybridized carbons (Fsp3) is 0.367. The van der Waals surface area contributed by atoms with Gasteiger partial charge in [0.15, 0.2) is 11.4 Å². The molecule has 0 saturated heterocycles. The monoisotopic (exact) mass is 578 g/mol. The van der Waals surface area contributed by atoms with E-state index in [9.17, 15) is 39.9 Å². The molecular weight excluding hydrogens is 544 g/mol. The molecule has 1 fully saturated rings. The first-order valence-electron chi connectivity index (χ1n) is 13.4. The summed E-state index contributed by atoms with van der Waals surface area (Å²) in [5.74, 6) is -6.65. The zero-order valence-electron chi connectivity index (χ0n) is 23.6. The number of benzene rings is 2. The van der Waals surface area contributed by atoms with E-state index in [1.807, 2.05) is 19.0 Å². The summed E-state index contributed by atoms with van der Waals surface area (Å²) in [5.41, 5.74) is 4.01. The van der Waals surface area contributed by atoms with E-state index in [4.69, 9.17) is 5.73 Å². The number of fused-ring (bicyclic) bond motifs is 3. The maximum absolute atomic E-state index is 14.1. The SMILES string of the molecule is CN(C)c1ccc(C(=O)NC2C(O)=C(C(N)=O)C(O)[C@@]3(O)C(=O)C4=C(O)c5c(O)ccc(N(C)C)c5C[C@H]4C[C@@H]23)cc1. The van der Waals surface area contributed by atoms with Crippen molar-refractivity contribution in [2.24, 2.45) is 17.6 Å². The number of carbonyl (C=O) groups is 3. The van der Waals surface area contributed by atoms with Crippen LogP contribution in [0.2, 0.25) is 0 Å². The van der Waals surface area contributed by atoms with Gasteiger partial charge in [0.1, 0.15) is 23.4 Å².